The number of alkyl carbamates (subject to hydrolysis) is 1. The molecule has 0 saturated carbocycles. The summed E-state index contributed by atoms with van der Waals surface area (Å²) in [5, 5.41) is 5.48. The molecule has 0 radical (unpaired) electrons. The van der Waals surface area contributed by atoms with Gasteiger partial charge in [-0.15, -0.1) is 0 Å². The maximum atomic E-state index is 14.2. The van der Waals surface area contributed by atoms with Crippen LogP contribution >= 0.6 is 0 Å². The molecule has 3 amide bonds. The molecule has 0 aliphatic carbocycles. The van der Waals surface area contributed by atoms with Crippen LogP contribution in [-0.4, -0.2) is 58.6 Å². The van der Waals surface area contributed by atoms with Crippen molar-refractivity contribution in [1.29, 1.82) is 0 Å². The molecule has 0 saturated heterocycles. The average molecular weight is 582 g/mol. The van der Waals surface area contributed by atoms with Crippen molar-refractivity contribution in [3.63, 3.8) is 0 Å². The fourth-order valence-corrected chi connectivity index (χ4v) is 4.45. The van der Waals surface area contributed by atoms with E-state index in [9.17, 15) is 19.2 Å². The fourth-order valence-electron chi connectivity index (χ4n) is 4.45. The fraction of sp³-hybridized carbons (Fsp3) is 0.515. The number of carbonyl (C=O) groups is 4. The van der Waals surface area contributed by atoms with Crippen LogP contribution in [0, 0.1) is 13.8 Å². The first-order valence-corrected chi connectivity index (χ1v) is 14.4. The topological polar surface area (TPSA) is 114 Å². The van der Waals surface area contributed by atoms with E-state index in [4.69, 9.17) is 9.47 Å². The quantitative estimate of drug-likeness (QED) is 0.374. The summed E-state index contributed by atoms with van der Waals surface area (Å²) < 4.78 is 11.0. The number of likely N-dealkylation sites (N-methyl/N-ethyl adjacent to an activating group) is 1. The summed E-state index contributed by atoms with van der Waals surface area (Å²) in [7, 11) is 0. The van der Waals surface area contributed by atoms with Crippen molar-refractivity contribution in [3.8, 4) is 0 Å². The monoisotopic (exact) mass is 581 g/mol. The summed E-state index contributed by atoms with van der Waals surface area (Å²) in [6.07, 6.45) is -0.530. The van der Waals surface area contributed by atoms with Gasteiger partial charge in [-0.3, -0.25) is 9.59 Å². The number of amides is 3. The van der Waals surface area contributed by atoms with E-state index in [0.717, 1.165) is 16.7 Å². The minimum absolute atomic E-state index is 0.167. The lowest BCUT2D eigenvalue weighted by Crippen LogP contribution is -2.54. The smallest absolute Gasteiger partial charge is 0.408 e. The summed E-state index contributed by atoms with van der Waals surface area (Å²) in [6.45, 7) is 17.8. The molecule has 0 aromatic heterocycles. The van der Waals surface area contributed by atoms with Gasteiger partial charge in [0.05, 0.1) is 0 Å². The number of carbonyl (C=O) groups excluding carboxylic acids is 4. The predicted octanol–water partition coefficient (Wildman–Crippen LogP) is 5.18. The highest BCUT2D eigenvalue weighted by molar-refractivity contribution is 5.94. The Morgan fingerprint density at radius 3 is 1.98 bits per heavy atom. The van der Waals surface area contributed by atoms with E-state index in [1.165, 1.54) is 4.90 Å². The normalized spacial score (nSPS) is 13.8. The number of benzene rings is 2. The first kappa shape index (κ1) is 34.3. The molecule has 2 rings (SSSR count). The Morgan fingerprint density at radius 2 is 1.43 bits per heavy atom. The maximum absolute atomic E-state index is 14.2. The van der Waals surface area contributed by atoms with E-state index in [1.807, 2.05) is 56.3 Å². The SMILES string of the molecule is CCN(C(=O)C(C)NC(=O)OC(C)(C)C)C(C(=O)NC(Cc1ccccc1)C(=O)OC(C)(C)C)c1cccc(C)c1C. The molecule has 9 heteroatoms. The molecule has 2 aromatic rings. The third-order valence-corrected chi connectivity index (χ3v) is 6.52. The molecule has 42 heavy (non-hydrogen) atoms. The Hall–Kier alpha value is -3.88. The minimum atomic E-state index is -1.08. The van der Waals surface area contributed by atoms with Gasteiger partial charge in [0.1, 0.15) is 29.3 Å². The molecule has 0 bridgehead atoms. The zero-order valence-electron chi connectivity index (χ0n) is 26.7. The number of hydrogen-bond acceptors (Lipinski definition) is 6. The van der Waals surface area contributed by atoms with Gasteiger partial charge in [-0.1, -0.05) is 48.5 Å². The highest BCUT2D eigenvalue weighted by Gasteiger charge is 2.37. The molecule has 3 unspecified atom stereocenters. The Kier molecular flexibility index (Phi) is 11.7. The van der Waals surface area contributed by atoms with E-state index in [2.05, 4.69) is 10.6 Å². The second kappa shape index (κ2) is 14.3. The van der Waals surface area contributed by atoms with Gasteiger partial charge in [0.2, 0.25) is 11.8 Å². The molecule has 0 aliphatic heterocycles. The summed E-state index contributed by atoms with van der Waals surface area (Å²) in [5.41, 5.74) is 1.74. The van der Waals surface area contributed by atoms with Crippen molar-refractivity contribution in [2.24, 2.45) is 0 Å². The molecule has 0 aliphatic rings. The van der Waals surface area contributed by atoms with Crippen LogP contribution in [0.15, 0.2) is 48.5 Å². The van der Waals surface area contributed by atoms with Crippen LogP contribution in [0.1, 0.15) is 83.7 Å². The van der Waals surface area contributed by atoms with Gasteiger partial charge in [0.15, 0.2) is 0 Å². The first-order chi connectivity index (χ1) is 19.4. The number of nitrogens with zero attached hydrogens (tertiary/aromatic N) is 1. The van der Waals surface area contributed by atoms with Crippen molar-refractivity contribution in [2.45, 2.75) is 105 Å². The zero-order valence-corrected chi connectivity index (χ0v) is 26.7. The molecule has 3 atom stereocenters. The number of rotatable bonds is 10. The van der Waals surface area contributed by atoms with Crippen LogP contribution in [0.4, 0.5) is 4.79 Å². The van der Waals surface area contributed by atoms with Gasteiger partial charge >= 0.3 is 12.1 Å². The van der Waals surface area contributed by atoms with E-state index in [1.54, 1.807) is 61.5 Å². The van der Waals surface area contributed by atoms with Crippen LogP contribution in [0.3, 0.4) is 0 Å². The lowest BCUT2D eigenvalue weighted by molar-refractivity contribution is -0.159. The number of aryl methyl sites for hydroxylation is 1. The maximum Gasteiger partial charge on any atom is 0.408 e. The zero-order chi connectivity index (χ0) is 31.8. The summed E-state index contributed by atoms with van der Waals surface area (Å²) in [4.78, 5) is 55.1. The van der Waals surface area contributed by atoms with Gasteiger partial charge in [-0.05, 0) is 91.5 Å². The lowest BCUT2D eigenvalue weighted by atomic mass is 9.94. The van der Waals surface area contributed by atoms with Gasteiger partial charge in [-0.2, -0.15) is 0 Å². The number of nitrogens with one attached hydrogen (secondary N) is 2. The van der Waals surface area contributed by atoms with Crippen LogP contribution in [0.2, 0.25) is 0 Å². The number of hydrogen-bond donors (Lipinski definition) is 2. The molecule has 0 fully saturated rings. The van der Waals surface area contributed by atoms with Crippen LogP contribution in [0.25, 0.3) is 0 Å². The van der Waals surface area contributed by atoms with Crippen LogP contribution in [-0.2, 0) is 30.3 Å². The molecular weight excluding hydrogens is 534 g/mol. The van der Waals surface area contributed by atoms with Gasteiger partial charge < -0.3 is 25.0 Å². The second-order valence-corrected chi connectivity index (χ2v) is 12.5. The summed E-state index contributed by atoms with van der Waals surface area (Å²) in [5.74, 6) is -1.58. The standard InChI is InChI=1S/C33H47N3O6/c1-11-36(29(38)23(4)34-31(40)42-33(8,9)10)27(25-19-15-16-21(2)22(25)3)28(37)35-26(30(39)41-32(5,6)7)20-24-17-13-12-14-18-24/h12-19,23,26-27H,11,20H2,1-10H3,(H,34,40)(H,35,37). The van der Waals surface area contributed by atoms with Crippen LogP contribution in [0.5, 0.6) is 0 Å². The molecule has 2 aromatic carbocycles. The molecule has 230 valence electrons. The van der Waals surface area contributed by atoms with Crippen molar-refractivity contribution < 1.29 is 28.7 Å². The largest absolute Gasteiger partial charge is 0.458 e. The van der Waals surface area contributed by atoms with E-state index < -0.39 is 53.2 Å². The summed E-state index contributed by atoms with van der Waals surface area (Å²) in [6, 6.07) is 11.8. The first-order valence-electron chi connectivity index (χ1n) is 14.4. The Morgan fingerprint density at radius 1 is 0.833 bits per heavy atom. The number of ether oxygens (including phenoxy) is 2. The van der Waals surface area contributed by atoms with Gasteiger partial charge in [0, 0.05) is 13.0 Å². The van der Waals surface area contributed by atoms with Gasteiger partial charge in [-0.25, -0.2) is 9.59 Å². The van der Waals surface area contributed by atoms with Crippen molar-refractivity contribution >= 4 is 23.9 Å². The number of esters is 1. The van der Waals surface area contributed by atoms with Crippen molar-refractivity contribution in [1.82, 2.24) is 15.5 Å². The van der Waals surface area contributed by atoms with Crippen molar-refractivity contribution in [3.05, 3.63) is 70.8 Å². The molecule has 0 spiro atoms. The average Bonchev–Trinajstić information content (AvgIpc) is 2.86. The third-order valence-electron chi connectivity index (χ3n) is 6.52. The predicted molar refractivity (Wildman–Crippen MR) is 163 cm³/mol. The Bertz CT molecular complexity index is 1250. The molecule has 0 heterocycles. The highest BCUT2D eigenvalue weighted by Crippen LogP contribution is 2.28. The second-order valence-electron chi connectivity index (χ2n) is 12.5. The van der Waals surface area contributed by atoms with E-state index in [0.29, 0.717) is 5.56 Å². The lowest BCUT2D eigenvalue weighted by Gasteiger charge is -2.34. The third kappa shape index (κ3) is 10.2. The van der Waals surface area contributed by atoms with Crippen LogP contribution < -0.4 is 10.6 Å². The molecule has 9 nitrogen and oxygen atoms in total. The minimum Gasteiger partial charge on any atom is -0.458 e. The highest BCUT2D eigenvalue weighted by atomic mass is 16.6. The van der Waals surface area contributed by atoms with E-state index >= 15 is 0 Å². The Balaban J connectivity index is 2.50. The van der Waals surface area contributed by atoms with E-state index in [-0.39, 0.29) is 13.0 Å². The van der Waals surface area contributed by atoms with Gasteiger partial charge in [0.25, 0.3) is 0 Å². The summed E-state index contributed by atoms with van der Waals surface area (Å²) >= 11 is 0. The molecular formula is C33H47N3O6. The Labute approximate surface area is 250 Å². The van der Waals surface area contributed by atoms with Crippen molar-refractivity contribution in [2.75, 3.05) is 6.54 Å². The molecule has 2 N–H and O–H groups in total.